The minimum atomic E-state index is -1.82. The Hall–Kier alpha value is -3.74. The molecular formula is C41H61F2N7O3. The quantitative estimate of drug-likeness (QED) is 0.248. The molecule has 4 atom stereocenters. The molecule has 3 saturated heterocycles. The smallest absolute Gasteiger partial charge is 0.144 e. The van der Waals surface area contributed by atoms with Gasteiger partial charge >= 0.3 is 0 Å². The van der Waals surface area contributed by atoms with Crippen LogP contribution in [0.5, 0.6) is 5.75 Å². The van der Waals surface area contributed by atoms with Crippen molar-refractivity contribution in [2.24, 2.45) is 11.3 Å². The van der Waals surface area contributed by atoms with Crippen LogP contribution in [0.25, 0.3) is 0 Å². The molecule has 1 saturated carbocycles. The number of ether oxygens (including phenoxy) is 3. The maximum atomic E-state index is 16.2. The summed E-state index contributed by atoms with van der Waals surface area (Å²) >= 11 is 0. The van der Waals surface area contributed by atoms with E-state index in [0.29, 0.717) is 26.2 Å². The molecule has 1 aromatic carbocycles. The highest BCUT2D eigenvalue weighted by Gasteiger charge is 2.77. The lowest BCUT2D eigenvalue weighted by atomic mass is 9.76. The summed E-state index contributed by atoms with van der Waals surface area (Å²) in [6, 6.07) is 8.34. The minimum absolute atomic E-state index is 0.0424. The van der Waals surface area contributed by atoms with Crippen LogP contribution in [-0.2, 0) is 16.0 Å². The summed E-state index contributed by atoms with van der Waals surface area (Å²) in [5, 5.41) is 7.71. The average molecular weight is 738 g/mol. The summed E-state index contributed by atoms with van der Waals surface area (Å²) in [5.74, 6) is 0.317. The summed E-state index contributed by atoms with van der Waals surface area (Å²) < 4.78 is 48.9. The van der Waals surface area contributed by atoms with Crippen molar-refractivity contribution < 1.29 is 23.0 Å². The van der Waals surface area contributed by atoms with Crippen LogP contribution in [0.1, 0.15) is 59.8 Å². The number of nitrogens with zero attached hydrogens (tertiary/aromatic N) is 6. The van der Waals surface area contributed by atoms with Gasteiger partial charge < -0.3 is 28.9 Å². The van der Waals surface area contributed by atoms with Gasteiger partial charge in [0.2, 0.25) is 0 Å². The number of hydrogen-bond donors (Lipinski definition) is 1. The van der Waals surface area contributed by atoms with Crippen molar-refractivity contribution in [3.63, 3.8) is 0 Å². The van der Waals surface area contributed by atoms with Gasteiger partial charge in [0.25, 0.3) is 0 Å². The van der Waals surface area contributed by atoms with Gasteiger partial charge in [0.05, 0.1) is 37.7 Å². The van der Waals surface area contributed by atoms with E-state index in [9.17, 15) is 4.39 Å². The molecule has 292 valence electrons. The number of hydrogen-bond acceptors (Lipinski definition) is 9. The molecule has 5 aliphatic rings. The third-order valence-corrected chi connectivity index (χ3v) is 10.7. The van der Waals surface area contributed by atoms with Crippen molar-refractivity contribution in [2.45, 2.75) is 77.6 Å². The zero-order valence-corrected chi connectivity index (χ0v) is 32.7. The van der Waals surface area contributed by atoms with E-state index in [-0.39, 0.29) is 12.3 Å². The third-order valence-electron chi connectivity index (χ3n) is 10.7. The van der Waals surface area contributed by atoms with Gasteiger partial charge in [-0.3, -0.25) is 10.00 Å². The van der Waals surface area contributed by atoms with Gasteiger partial charge in [0.1, 0.15) is 29.7 Å². The number of nitrogens with one attached hydrogen (secondary N) is 1. The molecule has 7 rings (SSSR count). The first-order chi connectivity index (χ1) is 25.6. The number of rotatable bonds is 11. The standard InChI is InChI=1S/C36H47F2N7O2.C3H8.C2H6O/c1-3-12-34(23-35(34,38)19-28(2)37)36(24-45-27-40-25-41-45)20-29(22-47-36)21-46-33-10-8-31(9-11-33)43-17-15-42(16-18-43)30-4-6-32(7-5-30)44-14-13-39-26-44;2*1-3-2/h3-4,6,8-12,19,25,27,29,39H,5,7,13-18,20-24,26H2,1-2H3;3H2,1-2H3;1-2H3/b12-3-,28-19+;;/t29-,34?,35?,36+;;/m1../s1. The fourth-order valence-electron chi connectivity index (χ4n) is 8.25. The molecule has 1 N–H and O–H groups in total. The highest BCUT2D eigenvalue weighted by Crippen LogP contribution is 2.70. The summed E-state index contributed by atoms with van der Waals surface area (Å²) in [7, 11) is 3.25. The summed E-state index contributed by atoms with van der Waals surface area (Å²) in [6.45, 7) is 15.8. The zero-order valence-electron chi connectivity index (χ0n) is 32.7. The van der Waals surface area contributed by atoms with Gasteiger partial charge in [-0.15, -0.1) is 0 Å². The number of alkyl halides is 1. The predicted molar refractivity (Wildman–Crippen MR) is 207 cm³/mol. The third kappa shape index (κ3) is 9.50. The minimum Gasteiger partial charge on any atom is -0.493 e. The first kappa shape index (κ1) is 40.4. The van der Waals surface area contributed by atoms with Crippen LogP contribution in [-0.4, -0.2) is 109 Å². The monoisotopic (exact) mass is 737 g/mol. The van der Waals surface area contributed by atoms with Crippen LogP contribution in [0, 0.1) is 11.3 Å². The van der Waals surface area contributed by atoms with Crippen molar-refractivity contribution >= 4 is 5.69 Å². The lowest BCUT2D eigenvalue weighted by molar-refractivity contribution is -0.0681. The number of methoxy groups -OCH3 is 1. The molecule has 1 aromatic heterocycles. The SMILES string of the molecule is C/C=C\C1([C@@]2(Cn3cncn3)C[C@H](COc3ccc(N4CCN(C5=CC=C(N6CCNC6)CC5)CC4)cc3)CO2)CC1(F)/C=C(\C)F.CCC.COC. The molecule has 53 heavy (non-hydrogen) atoms. The Morgan fingerprint density at radius 2 is 1.68 bits per heavy atom. The Labute approximate surface area is 315 Å². The van der Waals surface area contributed by atoms with E-state index in [1.807, 2.05) is 31.2 Å². The molecule has 2 aliphatic carbocycles. The Morgan fingerprint density at radius 1 is 1.02 bits per heavy atom. The molecule has 3 aliphatic heterocycles. The topological polar surface area (TPSA) is 80.2 Å². The van der Waals surface area contributed by atoms with E-state index < -0.39 is 22.5 Å². The fraction of sp³-hybridized carbons (Fsp3) is 0.610. The van der Waals surface area contributed by atoms with E-state index in [2.05, 4.69) is 73.0 Å². The number of aromatic nitrogens is 3. The molecule has 0 spiro atoms. The lowest BCUT2D eigenvalue weighted by Gasteiger charge is -2.39. The molecule has 2 unspecified atom stereocenters. The second-order valence-corrected chi connectivity index (χ2v) is 14.8. The normalized spacial score (nSPS) is 28.6. The lowest BCUT2D eigenvalue weighted by Crippen LogP contribution is -2.46. The molecule has 0 amide bonds. The number of allylic oxidation sites excluding steroid dienone is 7. The Balaban J connectivity index is 0.000000847. The van der Waals surface area contributed by atoms with E-state index >= 15 is 4.39 Å². The molecular weight excluding hydrogens is 676 g/mol. The van der Waals surface area contributed by atoms with E-state index in [4.69, 9.17) is 9.47 Å². The predicted octanol–water partition coefficient (Wildman–Crippen LogP) is 6.91. The van der Waals surface area contributed by atoms with Crippen molar-refractivity contribution in [3.8, 4) is 5.75 Å². The highest BCUT2D eigenvalue weighted by molar-refractivity contribution is 5.49. The molecule has 4 heterocycles. The Morgan fingerprint density at radius 3 is 2.25 bits per heavy atom. The maximum absolute atomic E-state index is 16.2. The van der Waals surface area contributed by atoms with Crippen molar-refractivity contribution in [1.29, 1.82) is 0 Å². The molecule has 0 radical (unpaired) electrons. The maximum Gasteiger partial charge on any atom is 0.144 e. The van der Waals surface area contributed by atoms with Gasteiger partial charge in [-0.05, 0) is 75.6 Å². The molecule has 4 fully saturated rings. The average Bonchev–Trinajstić information content (AvgIpc) is 3.75. The van der Waals surface area contributed by atoms with Gasteiger partial charge in [-0.1, -0.05) is 32.4 Å². The Kier molecular flexibility index (Phi) is 14.1. The molecule has 0 bridgehead atoms. The molecule has 12 heteroatoms. The number of halogens is 2. The van der Waals surface area contributed by atoms with E-state index in [1.54, 1.807) is 25.2 Å². The number of benzene rings is 1. The van der Waals surface area contributed by atoms with Crippen LogP contribution in [0.2, 0.25) is 0 Å². The van der Waals surface area contributed by atoms with Crippen molar-refractivity contribution in [3.05, 3.63) is 84.5 Å². The summed E-state index contributed by atoms with van der Waals surface area (Å²) in [5.41, 5.74) is 0.379. The van der Waals surface area contributed by atoms with Crippen molar-refractivity contribution in [1.82, 2.24) is 29.9 Å². The van der Waals surface area contributed by atoms with Crippen molar-refractivity contribution in [2.75, 3.05) is 78.3 Å². The Bertz CT molecular complexity index is 1550. The van der Waals surface area contributed by atoms with Gasteiger partial charge in [-0.25, -0.2) is 13.8 Å². The van der Waals surface area contributed by atoms with Crippen LogP contribution >= 0.6 is 0 Å². The van der Waals surface area contributed by atoms with Crippen LogP contribution in [0.15, 0.2) is 84.5 Å². The second-order valence-electron chi connectivity index (χ2n) is 14.8. The van der Waals surface area contributed by atoms with Gasteiger partial charge in [-0.2, -0.15) is 5.10 Å². The largest absolute Gasteiger partial charge is 0.493 e. The zero-order chi connectivity index (χ0) is 37.9. The first-order valence-electron chi connectivity index (χ1n) is 19.3. The number of piperazine rings is 1. The van der Waals surface area contributed by atoms with E-state index in [0.717, 1.165) is 70.6 Å². The van der Waals surface area contributed by atoms with E-state index in [1.165, 1.54) is 36.8 Å². The fourth-order valence-corrected chi connectivity index (χ4v) is 8.25. The molecule has 2 aromatic rings. The first-order valence-corrected chi connectivity index (χ1v) is 19.3. The summed E-state index contributed by atoms with van der Waals surface area (Å²) in [6.07, 6.45) is 16.7. The summed E-state index contributed by atoms with van der Waals surface area (Å²) in [4.78, 5) is 11.5. The van der Waals surface area contributed by atoms with Gasteiger partial charge in [0, 0.05) is 82.9 Å². The highest BCUT2D eigenvalue weighted by atomic mass is 19.1. The number of anilines is 1. The van der Waals surface area contributed by atoms with Crippen LogP contribution in [0.4, 0.5) is 14.5 Å². The van der Waals surface area contributed by atoms with Crippen LogP contribution in [0.3, 0.4) is 0 Å². The van der Waals surface area contributed by atoms with Crippen LogP contribution < -0.4 is 15.0 Å². The molecule has 10 nitrogen and oxygen atoms in total. The van der Waals surface area contributed by atoms with Gasteiger partial charge in [0.15, 0.2) is 0 Å². The second kappa shape index (κ2) is 18.5.